The molecule has 0 heterocycles. The molecule has 8 heavy (non-hydrogen) atoms. The molecule has 1 unspecified atom stereocenters. The fraction of sp³-hybridized carbons (Fsp3) is 1.00. The third-order valence-electron chi connectivity index (χ3n) is 0.908. The standard InChI is InChI=1S/C3H12N4O/c1-2(8-7)3(4,5)6/h2H,4-7H2,1H3. The minimum Gasteiger partial charge on any atom is -0.299 e. The van der Waals surface area contributed by atoms with Gasteiger partial charge in [-0.2, -0.15) is 0 Å². The molecule has 5 nitrogen and oxygen atoms in total. The highest BCUT2D eigenvalue weighted by molar-refractivity contribution is 4.74. The van der Waals surface area contributed by atoms with Crippen LogP contribution in [0.25, 0.3) is 0 Å². The van der Waals surface area contributed by atoms with Crippen molar-refractivity contribution >= 4 is 0 Å². The van der Waals surface area contributed by atoms with Crippen LogP contribution in [0, 0.1) is 0 Å². The maximum Gasteiger partial charge on any atom is 0.144 e. The summed E-state index contributed by atoms with van der Waals surface area (Å²) in [4.78, 5) is 4.24. The molecule has 0 saturated heterocycles. The van der Waals surface area contributed by atoms with Crippen molar-refractivity contribution in [1.29, 1.82) is 0 Å². The van der Waals surface area contributed by atoms with E-state index in [1.807, 2.05) is 0 Å². The first kappa shape index (κ1) is 7.80. The summed E-state index contributed by atoms with van der Waals surface area (Å²) < 4.78 is 0. The zero-order chi connectivity index (χ0) is 6.78. The van der Waals surface area contributed by atoms with E-state index >= 15 is 0 Å². The molecule has 1 atom stereocenters. The Morgan fingerprint density at radius 1 is 1.38 bits per heavy atom. The monoisotopic (exact) mass is 120 g/mol. The van der Waals surface area contributed by atoms with Crippen molar-refractivity contribution in [1.82, 2.24) is 0 Å². The molecule has 0 rings (SSSR count). The molecule has 0 saturated carbocycles. The van der Waals surface area contributed by atoms with Crippen LogP contribution < -0.4 is 23.1 Å². The van der Waals surface area contributed by atoms with Gasteiger partial charge in [0.05, 0.1) is 0 Å². The van der Waals surface area contributed by atoms with Gasteiger partial charge < -0.3 is 0 Å². The quantitative estimate of drug-likeness (QED) is 0.244. The summed E-state index contributed by atoms with van der Waals surface area (Å²) in [6.07, 6.45) is -0.539. The highest BCUT2D eigenvalue weighted by Gasteiger charge is 2.21. The average molecular weight is 120 g/mol. The Bertz CT molecular complexity index is 68.2. The minimum atomic E-state index is -1.34. The Morgan fingerprint density at radius 2 is 1.75 bits per heavy atom. The second kappa shape index (κ2) is 2.38. The third kappa shape index (κ3) is 2.20. The predicted molar refractivity (Wildman–Crippen MR) is 30.0 cm³/mol. The van der Waals surface area contributed by atoms with Crippen molar-refractivity contribution in [2.45, 2.75) is 18.8 Å². The smallest absolute Gasteiger partial charge is 0.144 e. The summed E-state index contributed by atoms with van der Waals surface area (Å²) >= 11 is 0. The molecular weight excluding hydrogens is 108 g/mol. The van der Waals surface area contributed by atoms with Crippen molar-refractivity contribution in [3.05, 3.63) is 0 Å². The first-order chi connectivity index (χ1) is 3.48. The van der Waals surface area contributed by atoms with E-state index in [-0.39, 0.29) is 0 Å². The molecule has 0 bridgehead atoms. The molecule has 50 valence electrons. The van der Waals surface area contributed by atoms with Crippen molar-refractivity contribution in [2.75, 3.05) is 0 Å². The van der Waals surface area contributed by atoms with E-state index in [1.54, 1.807) is 6.92 Å². The van der Waals surface area contributed by atoms with Crippen LogP contribution in [0.4, 0.5) is 0 Å². The van der Waals surface area contributed by atoms with Gasteiger partial charge in [-0.05, 0) is 6.92 Å². The molecule has 0 aliphatic carbocycles. The Balaban J connectivity index is 3.62. The van der Waals surface area contributed by atoms with Gasteiger partial charge in [0.15, 0.2) is 0 Å². The topological polar surface area (TPSA) is 113 Å². The van der Waals surface area contributed by atoms with E-state index in [9.17, 15) is 0 Å². The molecule has 0 spiro atoms. The normalized spacial score (nSPS) is 16.1. The summed E-state index contributed by atoms with van der Waals surface area (Å²) in [6.45, 7) is 1.58. The molecule has 0 radical (unpaired) electrons. The lowest BCUT2D eigenvalue weighted by Gasteiger charge is -2.23. The van der Waals surface area contributed by atoms with Crippen LogP contribution in [0.5, 0.6) is 0 Å². The fourth-order valence-corrected chi connectivity index (χ4v) is 0.118. The average Bonchev–Trinajstić information content (AvgIpc) is 1.62. The zero-order valence-electron chi connectivity index (χ0n) is 4.79. The Labute approximate surface area is 47.9 Å². The number of rotatable bonds is 2. The third-order valence-corrected chi connectivity index (χ3v) is 0.908. The molecule has 0 aromatic heterocycles. The number of hydrogen-bond donors (Lipinski definition) is 4. The lowest BCUT2D eigenvalue weighted by molar-refractivity contribution is 0.0138. The van der Waals surface area contributed by atoms with Gasteiger partial charge in [0.1, 0.15) is 11.9 Å². The summed E-state index contributed by atoms with van der Waals surface area (Å²) in [7, 11) is 0. The van der Waals surface area contributed by atoms with Gasteiger partial charge in [-0.25, -0.2) is 5.90 Å². The Kier molecular flexibility index (Phi) is 2.32. The van der Waals surface area contributed by atoms with Gasteiger partial charge in [0, 0.05) is 0 Å². The van der Waals surface area contributed by atoms with Crippen molar-refractivity contribution < 1.29 is 4.84 Å². The second-order valence-electron chi connectivity index (χ2n) is 1.78. The lowest BCUT2D eigenvalue weighted by Crippen LogP contribution is -2.66. The van der Waals surface area contributed by atoms with Gasteiger partial charge in [0.25, 0.3) is 0 Å². The van der Waals surface area contributed by atoms with Crippen molar-refractivity contribution in [2.24, 2.45) is 23.1 Å². The fourth-order valence-electron chi connectivity index (χ4n) is 0.118. The molecule has 0 fully saturated rings. The minimum absolute atomic E-state index is 0.539. The summed E-state index contributed by atoms with van der Waals surface area (Å²) in [5.74, 6) is 3.38. The van der Waals surface area contributed by atoms with E-state index in [4.69, 9.17) is 23.1 Å². The number of hydrogen-bond acceptors (Lipinski definition) is 5. The predicted octanol–water partition coefficient (Wildman–Crippen LogP) is -2.20. The molecule has 0 aromatic carbocycles. The van der Waals surface area contributed by atoms with Gasteiger partial charge in [0.2, 0.25) is 0 Å². The molecule has 5 heteroatoms. The Hall–Kier alpha value is -0.200. The lowest BCUT2D eigenvalue weighted by atomic mass is 10.2. The highest BCUT2D eigenvalue weighted by Crippen LogP contribution is 1.91. The summed E-state index contributed by atoms with van der Waals surface area (Å²) in [5, 5.41) is 0. The van der Waals surface area contributed by atoms with E-state index in [1.165, 1.54) is 0 Å². The van der Waals surface area contributed by atoms with Gasteiger partial charge in [-0.3, -0.25) is 22.0 Å². The van der Waals surface area contributed by atoms with Gasteiger partial charge in [-0.15, -0.1) is 0 Å². The van der Waals surface area contributed by atoms with Crippen LogP contribution >= 0.6 is 0 Å². The van der Waals surface area contributed by atoms with Crippen LogP contribution in [0.2, 0.25) is 0 Å². The van der Waals surface area contributed by atoms with E-state index < -0.39 is 11.9 Å². The van der Waals surface area contributed by atoms with Crippen LogP contribution in [-0.4, -0.2) is 11.9 Å². The summed E-state index contributed by atoms with van der Waals surface area (Å²) in [5.41, 5.74) is 15.4. The first-order valence-electron chi connectivity index (χ1n) is 2.20. The van der Waals surface area contributed by atoms with E-state index in [2.05, 4.69) is 4.84 Å². The highest BCUT2D eigenvalue weighted by atomic mass is 16.6. The SMILES string of the molecule is CC(ON)C(N)(N)N. The van der Waals surface area contributed by atoms with Gasteiger partial charge in [-0.1, -0.05) is 0 Å². The van der Waals surface area contributed by atoms with Crippen LogP contribution in [0.3, 0.4) is 0 Å². The molecule has 0 aromatic rings. The Morgan fingerprint density at radius 3 is 1.75 bits per heavy atom. The largest absolute Gasteiger partial charge is 0.299 e. The maximum atomic E-state index is 5.14. The zero-order valence-corrected chi connectivity index (χ0v) is 4.79. The number of nitrogens with two attached hydrogens (primary N) is 4. The van der Waals surface area contributed by atoms with E-state index in [0.29, 0.717) is 0 Å². The molecular formula is C3H12N4O. The van der Waals surface area contributed by atoms with E-state index in [0.717, 1.165) is 0 Å². The maximum absolute atomic E-state index is 5.14. The second-order valence-corrected chi connectivity index (χ2v) is 1.78. The molecule has 0 amide bonds. The van der Waals surface area contributed by atoms with Crippen LogP contribution in [0.1, 0.15) is 6.92 Å². The molecule has 0 aliphatic heterocycles. The summed E-state index contributed by atoms with van der Waals surface area (Å²) in [6, 6.07) is 0. The van der Waals surface area contributed by atoms with Crippen molar-refractivity contribution in [3.8, 4) is 0 Å². The molecule has 8 N–H and O–H groups in total. The van der Waals surface area contributed by atoms with Crippen molar-refractivity contribution in [3.63, 3.8) is 0 Å². The molecule has 0 aliphatic rings. The first-order valence-corrected chi connectivity index (χ1v) is 2.20. The van der Waals surface area contributed by atoms with Crippen LogP contribution in [0.15, 0.2) is 0 Å². The van der Waals surface area contributed by atoms with Crippen LogP contribution in [-0.2, 0) is 4.84 Å². The van der Waals surface area contributed by atoms with Gasteiger partial charge >= 0.3 is 0 Å².